The number of hydrogen-bond donors (Lipinski definition) is 1. The molecular formula is C14H13N3O. The van der Waals surface area contributed by atoms with E-state index in [0.29, 0.717) is 5.69 Å². The van der Waals surface area contributed by atoms with Crippen molar-refractivity contribution in [2.45, 2.75) is 6.92 Å². The van der Waals surface area contributed by atoms with Gasteiger partial charge >= 0.3 is 0 Å². The van der Waals surface area contributed by atoms with Crippen molar-refractivity contribution in [1.29, 1.82) is 0 Å². The van der Waals surface area contributed by atoms with Crippen LogP contribution in [0.1, 0.15) is 5.56 Å². The van der Waals surface area contributed by atoms with Crippen LogP contribution >= 0.6 is 0 Å². The van der Waals surface area contributed by atoms with Gasteiger partial charge in [-0.05, 0) is 24.6 Å². The molecule has 0 unspecified atom stereocenters. The summed E-state index contributed by atoms with van der Waals surface area (Å²) < 4.78 is 6.86. The van der Waals surface area contributed by atoms with Crippen molar-refractivity contribution in [1.82, 2.24) is 9.78 Å². The number of nitrogens with zero attached hydrogens (tertiary/aromatic N) is 2. The van der Waals surface area contributed by atoms with Gasteiger partial charge in [-0.1, -0.05) is 18.2 Å². The number of aromatic nitrogens is 2. The van der Waals surface area contributed by atoms with Gasteiger partial charge in [-0.15, -0.1) is 0 Å². The van der Waals surface area contributed by atoms with E-state index in [1.807, 2.05) is 43.5 Å². The van der Waals surface area contributed by atoms with E-state index in [0.717, 1.165) is 22.5 Å². The highest BCUT2D eigenvalue weighted by molar-refractivity contribution is 5.71. The highest BCUT2D eigenvalue weighted by atomic mass is 16.3. The van der Waals surface area contributed by atoms with Gasteiger partial charge in [0, 0.05) is 5.56 Å². The van der Waals surface area contributed by atoms with Crippen molar-refractivity contribution in [2.24, 2.45) is 0 Å². The van der Waals surface area contributed by atoms with E-state index in [2.05, 4.69) is 5.10 Å². The summed E-state index contributed by atoms with van der Waals surface area (Å²) in [5.74, 6) is 0. The van der Waals surface area contributed by atoms with Gasteiger partial charge in [0.2, 0.25) is 0 Å². The third-order valence-corrected chi connectivity index (χ3v) is 2.90. The number of anilines is 1. The molecule has 0 amide bonds. The molecule has 0 atom stereocenters. The molecule has 0 saturated heterocycles. The lowest BCUT2D eigenvalue weighted by Crippen LogP contribution is -1.97. The van der Waals surface area contributed by atoms with Crippen LogP contribution in [-0.4, -0.2) is 9.78 Å². The lowest BCUT2D eigenvalue weighted by molar-refractivity contribution is 0.568. The molecule has 3 rings (SSSR count). The van der Waals surface area contributed by atoms with E-state index in [1.165, 1.54) is 0 Å². The van der Waals surface area contributed by atoms with Crippen LogP contribution in [-0.2, 0) is 0 Å². The van der Waals surface area contributed by atoms with E-state index in [4.69, 9.17) is 10.2 Å². The average molecular weight is 239 g/mol. The SMILES string of the molecule is Cc1ccccc1-n1cc(N)c(-c2ccoc2)n1. The minimum Gasteiger partial charge on any atom is -0.472 e. The second-order valence-electron chi connectivity index (χ2n) is 4.18. The summed E-state index contributed by atoms with van der Waals surface area (Å²) in [7, 11) is 0. The molecule has 18 heavy (non-hydrogen) atoms. The Balaban J connectivity index is 2.11. The van der Waals surface area contributed by atoms with Gasteiger partial charge in [-0.25, -0.2) is 4.68 Å². The smallest absolute Gasteiger partial charge is 0.119 e. The fourth-order valence-corrected chi connectivity index (χ4v) is 1.95. The van der Waals surface area contributed by atoms with Crippen LogP contribution in [0.15, 0.2) is 53.5 Å². The molecule has 0 fully saturated rings. The zero-order valence-electron chi connectivity index (χ0n) is 10.00. The Kier molecular flexibility index (Phi) is 2.41. The molecule has 4 nitrogen and oxygen atoms in total. The summed E-state index contributed by atoms with van der Waals surface area (Å²) in [6.07, 6.45) is 5.08. The Morgan fingerprint density at radius 1 is 1.22 bits per heavy atom. The molecule has 0 aliphatic carbocycles. The molecular weight excluding hydrogens is 226 g/mol. The maximum Gasteiger partial charge on any atom is 0.119 e. The first-order valence-corrected chi connectivity index (χ1v) is 5.69. The first-order valence-electron chi connectivity index (χ1n) is 5.69. The third kappa shape index (κ3) is 1.68. The van der Waals surface area contributed by atoms with Crippen molar-refractivity contribution < 1.29 is 4.42 Å². The molecule has 90 valence electrons. The minimum absolute atomic E-state index is 0.639. The van der Waals surface area contributed by atoms with Gasteiger partial charge in [-0.3, -0.25) is 0 Å². The largest absolute Gasteiger partial charge is 0.472 e. The summed E-state index contributed by atoms with van der Waals surface area (Å²) in [4.78, 5) is 0. The second-order valence-corrected chi connectivity index (χ2v) is 4.18. The Morgan fingerprint density at radius 2 is 2.06 bits per heavy atom. The predicted octanol–water partition coefficient (Wildman–Crippen LogP) is 3.02. The normalized spacial score (nSPS) is 10.7. The fraction of sp³-hybridized carbons (Fsp3) is 0.0714. The molecule has 1 aromatic carbocycles. The van der Waals surface area contributed by atoms with Crippen molar-refractivity contribution >= 4 is 5.69 Å². The first kappa shape index (κ1) is 10.7. The molecule has 0 spiro atoms. The van der Waals surface area contributed by atoms with Crippen molar-refractivity contribution in [3.8, 4) is 16.9 Å². The lowest BCUT2D eigenvalue weighted by Gasteiger charge is -2.04. The molecule has 0 bridgehead atoms. The number of furan rings is 1. The predicted molar refractivity (Wildman–Crippen MR) is 70.4 cm³/mol. The van der Waals surface area contributed by atoms with Crippen LogP contribution in [0, 0.1) is 6.92 Å². The van der Waals surface area contributed by atoms with Crippen LogP contribution in [0.4, 0.5) is 5.69 Å². The van der Waals surface area contributed by atoms with Crippen LogP contribution in [0.25, 0.3) is 16.9 Å². The average Bonchev–Trinajstić information content (AvgIpc) is 2.98. The van der Waals surface area contributed by atoms with Crippen LogP contribution in [0.2, 0.25) is 0 Å². The number of benzene rings is 1. The molecule has 0 aliphatic heterocycles. The van der Waals surface area contributed by atoms with Crippen molar-refractivity contribution in [3.05, 3.63) is 54.6 Å². The number of rotatable bonds is 2. The summed E-state index contributed by atoms with van der Waals surface area (Å²) in [6, 6.07) is 9.90. The Hall–Kier alpha value is -2.49. The monoisotopic (exact) mass is 239 g/mol. The number of hydrogen-bond acceptors (Lipinski definition) is 3. The van der Waals surface area contributed by atoms with Gasteiger partial charge in [0.25, 0.3) is 0 Å². The standard InChI is InChI=1S/C14H13N3O/c1-10-4-2-3-5-13(10)17-8-12(15)14(16-17)11-6-7-18-9-11/h2-9H,15H2,1H3. The molecule has 3 aromatic rings. The molecule has 4 heteroatoms. The maximum atomic E-state index is 5.99. The molecule has 0 aliphatic rings. The molecule has 2 aromatic heterocycles. The van der Waals surface area contributed by atoms with E-state index in [-0.39, 0.29) is 0 Å². The Labute approximate surface area is 105 Å². The fourth-order valence-electron chi connectivity index (χ4n) is 1.95. The number of para-hydroxylation sites is 1. The lowest BCUT2D eigenvalue weighted by atomic mass is 10.2. The van der Waals surface area contributed by atoms with Crippen LogP contribution in [0.3, 0.4) is 0 Å². The summed E-state index contributed by atoms with van der Waals surface area (Å²) in [5, 5.41) is 4.51. The number of nitrogens with two attached hydrogens (primary N) is 1. The molecule has 2 heterocycles. The molecule has 0 radical (unpaired) electrons. The van der Waals surface area contributed by atoms with Gasteiger partial charge in [-0.2, -0.15) is 5.10 Å². The minimum atomic E-state index is 0.639. The van der Waals surface area contributed by atoms with E-state index < -0.39 is 0 Å². The first-order chi connectivity index (χ1) is 8.75. The second kappa shape index (κ2) is 4.07. The zero-order chi connectivity index (χ0) is 12.5. The van der Waals surface area contributed by atoms with Crippen molar-refractivity contribution in [2.75, 3.05) is 5.73 Å². The van der Waals surface area contributed by atoms with E-state index >= 15 is 0 Å². The van der Waals surface area contributed by atoms with Crippen LogP contribution in [0.5, 0.6) is 0 Å². The summed E-state index contributed by atoms with van der Waals surface area (Å²) in [6.45, 7) is 2.05. The Bertz CT molecular complexity index is 668. The summed E-state index contributed by atoms with van der Waals surface area (Å²) >= 11 is 0. The highest BCUT2D eigenvalue weighted by Crippen LogP contribution is 2.26. The molecule has 2 N–H and O–H groups in total. The van der Waals surface area contributed by atoms with Gasteiger partial charge in [0.1, 0.15) is 5.69 Å². The van der Waals surface area contributed by atoms with Gasteiger partial charge in [0.05, 0.1) is 30.1 Å². The number of nitrogen functional groups attached to an aromatic ring is 1. The van der Waals surface area contributed by atoms with Gasteiger partial charge in [0.15, 0.2) is 0 Å². The van der Waals surface area contributed by atoms with Crippen LogP contribution < -0.4 is 5.73 Å². The topological polar surface area (TPSA) is 57.0 Å². The maximum absolute atomic E-state index is 5.99. The number of aryl methyl sites for hydroxylation is 1. The van der Waals surface area contributed by atoms with Crippen molar-refractivity contribution in [3.63, 3.8) is 0 Å². The molecule has 0 saturated carbocycles. The van der Waals surface area contributed by atoms with E-state index in [9.17, 15) is 0 Å². The zero-order valence-corrected chi connectivity index (χ0v) is 10.00. The Morgan fingerprint density at radius 3 is 2.78 bits per heavy atom. The highest BCUT2D eigenvalue weighted by Gasteiger charge is 2.11. The van der Waals surface area contributed by atoms with Gasteiger partial charge < -0.3 is 10.2 Å². The quantitative estimate of drug-likeness (QED) is 0.747. The summed E-state index contributed by atoms with van der Waals surface area (Å²) in [5.41, 5.74) is 10.4. The van der Waals surface area contributed by atoms with E-state index in [1.54, 1.807) is 17.2 Å². The third-order valence-electron chi connectivity index (χ3n) is 2.90.